The quantitative estimate of drug-likeness (QED) is 0.475. The van der Waals surface area contributed by atoms with Gasteiger partial charge in [0.05, 0.1) is 6.42 Å². The SMILES string of the molecule is C#CCCCCNC(=O)NCC1(CC(=O)O)CCCCC1. The zero-order valence-electron chi connectivity index (χ0n) is 12.6. The van der Waals surface area contributed by atoms with Crippen LogP contribution in [0.1, 0.15) is 57.8 Å². The summed E-state index contributed by atoms with van der Waals surface area (Å²) in [6.45, 7) is 1.04. The van der Waals surface area contributed by atoms with Gasteiger partial charge in [-0.05, 0) is 31.1 Å². The number of carbonyl (C=O) groups excluding carboxylic acids is 1. The molecule has 1 aliphatic carbocycles. The van der Waals surface area contributed by atoms with Gasteiger partial charge < -0.3 is 15.7 Å². The van der Waals surface area contributed by atoms with Gasteiger partial charge in [0.1, 0.15) is 0 Å². The molecule has 0 saturated heterocycles. The first kappa shape index (κ1) is 17.4. The van der Waals surface area contributed by atoms with E-state index in [0.29, 0.717) is 13.1 Å². The van der Waals surface area contributed by atoms with Crippen LogP contribution in [0.2, 0.25) is 0 Å². The van der Waals surface area contributed by atoms with E-state index < -0.39 is 5.97 Å². The molecule has 118 valence electrons. The second-order valence-corrected chi connectivity index (χ2v) is 5.90. The van der Waals surface area contributed by atoms with Gasteiger partial charge in [-0.1, -0.05) is 19.3 Å². The highest BCUT2D eigenvalue weighted by atomic mass is 16.4. The molecule has 21 heavy (non-hydrogen) atoms. The van der Waals surface area contributed by atoms with E-state index in [2.05, 4.69) is 16.6 Å². The lowest BCUT2D eigenvalue weighted by molar-refractivity contribution is -0.140. The molecule has 0 aromatic heterocycles. The number of unbranched alkanes of at least 4 members (excludes halogenated alkanes) is 2. The Morgan fingerprint density at radius 3 is 2.48 bits per heavy atom. The van der Waals surface area contributed by atoms with Crippen molar-refractivity contribution in [1.29, 1.82) is 0 Å². The minimum atomic E-state index is -0.784. The molecule has 0 heterocycles. The van der Waals surface area contributed by atoms with Crippen LogP contribution in [0.3, 0.4) is 0 Å². The second kappa shape index (κ2) is 9.28. The van der Waals surface area contributed by atoms with Gasteiger partial charge in [0.15, 0.2) is 0 Å². The van der Waals surface area contributed by atoms with Crippen LogP contribution in [0.15, 0.2) is 0 Å². The summed E-state index contributed by atoms with van der Waals surface area (Å²) in [6, 6.07) is -0.217. The molecule has 0 unspecified atom stereocenters. The van der Waals surface area contributed by atoms with E-state index in [4.69, 9.17) is 11.5 Å². The van der Waals surface area contributed by atoms with Gasteiger partial charge in [-0.2, -0.15) is 0 Å². The van der Waals surface area contributed by atoms with Crippen LogP contribution in [0.25, 0.3) is 0 Å². The molecule has 5 nitrogen and oxygen atoms in total. The van der Waals surface area contributed by atoms with Gasteiger partial charge in [-0.25, -0.2) is 4.79 Å². The highest BCUT2D eigenvalue weighted by Gasteiger charge is 2.34. The third-order valence-corrected chi connectivity index (χ3v) is 4.10. The molecule has 0 aromatic rings. The highest BCUT2D eigenvalue weighted by Crippen LogP contribution is 2.38. The molecule has 0 radical (unpaired) electrons. The first-order valence-electron chi connectivity index (χ1n) is 7.75. The van der Waals surface area contributed by atoms with E-state index in [1.165, 1.54) is 0 Å². The number of nitrogens with one attached hydrogen (secondary N) is 2. The number of hydrogen-bond donors (Lipinski definition) is 3. The molecule has 3 N–H and O–H groups in total. The smallest absolute Gasteiger partial charge is 0.314 e. The highest BCUT2D eigenvalue weighted by molar-refractivity contribution is 5.74. The van der Waals surface area contributed by atoms with Gasteiger partial charge in [0, 0.05) is 19.5 Å². The van der Waals surface area contributed by atoms with Gasteiger partial charge in [-0.15, -0.1) is 12.3 Å². The van der Waals surface area contributed by atoms with Gasteiger partial charge in [-0.3, -0.25) is 4.79 Å². The zero-order chi connectivity index (χ0) is 15.6. The molecule has 1 saturated carbocycles. The van der Waals surface area contributed by atoms with Crippen molar-refractivity contribution in [1.82, 2.24) is 10.6 Å². The average Bonchev–Trinajstić information content (AvgIpc) is 2.45. The molecule has 0 aliphatic heterocycles. The Balaban J connectivity index is 2.30. The number of aliphatic carboxylic acids is 1. The molecular weight excluding hydrogens is 268 g/mol. The maximum atomic E-state index is 11.7. The van der Waals surface area contributed by atoms with Crippen LogP contribution in [-0.2, 0) is 4.79 Å². The Morgan fingerprint density at radius 1 is 1.14 bits per heavy atom. The van der Waals surface area contributed by atoms with Crippen molar-refractivity contribution < 1.29 is 14.7 Å². The third kappa shape index (κ3) is 7.03. The summed E-state index contributed by atoms with van der Waals surface area (Å²) in [7, 11) is 0. The molecule has 1 aliphatic rings. The molecule has 0 spiro atoms. The Bertz CT molecular complexity index is 381. The van der Waals surface area contributed by atoms with Crippen molar-refractivity contribution in [2.75, 3.05) is 13.1 Å². The number of amides is 2. The van der Waals surface area contributed by atoms with Crippen LogP contribution in [0.4, 0.5) is 4.79 Å². The predicted octanol–water partition coefficient (Wildman–Crippen LogP) is 2.51. The second-order valence-electron chi connectivity index (χ2n) is 5.90. The number of urea groups is 1. The summed E-state index contributed by atoms with van der Waals surface area (Å²) in [5, 5.41) is 14.7. The van der Waals surface area contributed by atoms with Crippen LogP contribution in [-0.4, -0.2) is 30.2 Å². The average molecular weight is 294 g/mol. The van der Waals surface area contributed by atoms with Crippen molar-refractivity contribution in [2.24, 2.45) is 5.41 Å². The summed E-state index contributed by atoms with van der Waals surface area (Å²) in [5.74, 6) is 1.78. The number of carbonyl (C=O) groups is 2. The lowest BCUT2D eigenvalue weighted by Crippen LogP contribution is -2.44. The molecule has 0 atom stereocenters. The summed E-state index contributed by atoms with van der Waals surface area (Å²) < 4.78 is 0. The zero-order valence-corrected chi connectivity index (χ0v) is 12.6. The molecule has 2 amide bonds. The topological polar surface area (TPSA) is 78.4 Å². The van der Waals surface area contributed by atoms with E-state index in [1.807, 2.05) is 0 Å². The van der Waals surface area contributed by atoms with Crippen LogP contribution in [0, 0.1) is 17.8 Å². The number of carboxylic acid groups (broad SMARTS) is 1. The third-order valence-electron chi connectivity index (χ3n) is 4.10. The van der Waals surface area contributed by atoms with E-state index in [0.717, 1.165) is 51.4 Å². The van der Waals surface area contributed by atoms with Crippen molar-refractivity contribution in [3.05, 3.63) is 0 Å². The van der Waals surface area contributed by atoms with Crippen molar-refractivity contribution in [3.63, 3.8) is 0 Å². The van der Waals surface area contributed by atoms with Crippen molar-refractivity contribution in [3.8, 4) is 12.3 Å². The van der Waals surface area contributed by atoms with Gasteiger partial charge in [0.25, 0.3) is 0 Å². The molecule has 1 rings (SSSR count). The number of hydrogen-bond acceptors (Lipinski definition) is 2. The maximum absolute atomic E-state index is 11.7. The fraction of sp³-hybridized carbons (Fsp3) is 0.750. The Hall–Kier alpha value is -1.70. The normalized spacial score (nSPS) is 16.7. The lowest BCUT2D eigenvalue weighted by atomic mass is 9.72. The van der Waals surface area contributed by atoms with E-state index >= 15 is 0 Å². The number of carboxylic acids is 1. The molecular formula is C16H26N2O3. The predicted molar refractivity (Wildman–Crippen MR) is 81.9 cm³/mol. The fourth-order valence-corrected chi connectivity index (χ4v) is 2.92. The largest absolute Gasteiger partial charge is 0.481 e. The lowest BCUT2D eigenvalue weighted by Gasteiger charge is -2.36. The molecule has 0 aromatic carbocycles. The summed E-state index contributed by atoms with van der Waals surface area (Å²) >= 11 is 0. The summed E-state index contributed by atoms with van der Waals surface area (Å²) in [5.41, 5.74) is -0.273. The van der Waals surface area contributed by atoms with Crippen LogP contribution < -0.4 is 10.6 Å². The minimum absolute atomic E-state index is 0.134. The molecule has 5 heteroatoms. The van der Waals surface area contributed by atoms with E-state index in [-0.39, 0.29) is 17.9 Å². The first-order valence-corrected chi connectivity index (χ1v) is 7.75. The molecule has 1 fully saturated rings. The number of rotatable bonds is 8. The van der Waals surface area contributed by atoms with Gasteiger partial charge >= 0.3 is 12.0 Å². The van der Waals surface area contributed by atoms with Crippen molar-refractivity contribution >= 4 is 12.0 Å². The van der Waals surface area contributed by atoms with Crippen LogP contribution in [0.5, 0.6) is 0 Å². The Kier molecular flexibility index (Phi) is 7.66. The monoisotopic (exact) mass is 294 g/mol. The van der Waals surface area contributed by atoms with E-state index in [9.17, 15) is 9.59 Å². The van der Waals surface area contributed by atoms with E-state index in [1.54, 1.807) is 0 Å². The standard InChI is InChI=1S/C16H26N2O3/c1-2-3-4-8-11-17-15(21)18-13-16(12-14(19)20)9-6-5-7-10-16/h1H,3-13H2,(H,19,20)(H2,17,18,21). The Labute approximate surface area is 126 Å². The summed E-state index contributed by atoms with van der Waals surface area (Å²) in [6.07, 6.45) is 12.8. The van der Waals surface area contributed by atoms with Crippen LogP contribution >= 0.6 is 0 Å². The first-order chi connectivity index (χ1) is 10.1. The number of terminal acetylenes is 1. The van der Waals surface area contributed by atoms with Gasteiger partial charge in [0.2, 0.25) is 0 Å². The minimum Gasteiger partial charge on any atom is -0.481 e. The molecule has 0 bridgehead atoms. The summed E-state index contributed by atoms with van der Waals surface area (Å²) in [4.78, 5) is 22.8. The van der Waals surface area contributed by atoms with Crippen molar-refractivity contribution in [2.45, 2.75) is 57.8 Å². The fourth-order valence-electron chi connectivity index (χ4n) is 2.92. The maximum Gasteiger partial charge on any atom is 0.314 e. The Morgan fingerprint density at radius 2 is 1.86 bits per heavy atom.